The smallest absolute Gasteiger partial charge is 0.344 e. The molecule has 0 radical (unpaired) electrons. The highest BCUT2D eigenvalue weighted by atomic mass is 16.6. The van der Waals surface area contributed by atoms with Crippen LogP contribution in [0.15, 0.2) is 24.3 Å². The van der Waals surface area contributed by atoms with Crippen LogP contribution in [-0.4, -0.2) is 19.2 Å². The van der Waals surface area contributed by atoms with E-state index in [1.165, 1.54) is 11.1 Å². The van der Waals surface area contributed by atoms with E-state index in [-0.39, 0.29) is 12.6 Å². The highest BCUT2D eigenvalue weighted by Crippen LogP contribution is 2.23. The van der Waals surface area contributed by atoms with E-state index in [9.17, 15) is 4.79 Å². The molecule has 17 heavy (non-hydrogen) atoms. The number of fused-ring (bicyclic) bond motifs is 1. The van der Waals surface area contributed by atoms with E-state index in [1.807, 2.05) is 12.1 Å². The van der Waals surface area contributed by atoms with Gasteiger partial charge in [-0.1, -0.05) is 18.2 Å². The molecule has 0 saturated heterocycles. The average molecular weight is 232 g/mol. The maximum atomic E-state index is 11.1. The monoisotopic (exact) mass is 232 g/mol. The molecule has 1 aromatic carbocycles. The lowest BCUT2D eigenvalue weighted by molar-refractivity contribution is -0.145. The standard InChI is InChI=1S/C14H16O3/c1-2-16-14(15)10-17-13-8-7-11-5-3-4-6-12(11)9-13/h4,6-9H,2-3,5,10H2,1H3. The van der Waals surface area contributed by atoms with E-state index < -0.39 is 0 Å². The van der Waals surface area contributed by atoms with E-state index in [2.05, 4.69) is 18.2 Å². The normalized spacial score (nSPS) is 13.0. The molecule has 90 valence electrons. The van der Waals surface area contributed by atoms with Gasteiger partial charge in [0.25, 0.3) is 0 Å². The van der Waals surface area contributed by atoms with Gasteiger partial charge >= 0.3 is 5.97 Å². The number of rotatable bonds is 4. The van der Waals surface area contributed by atoms with E-state index in [0.717, 1.165) is 12.8 Å². The Hall–Kier alpha value is -1.77. The summed E-state index contributed by atoms with van der Waals surface area (Å²) in [6.07, 6.45) is 6.41. The molecule has 0 saturated carbocycles. The third kappa shape index (κ3) is 3.09. The lowest BCUT2D eigenvalue weighted by Gasteiger charge is -2.12. The van der Waals surface area contributed by atoms with Crippen LogP contribution in [0, 0.1) is 0 Å². The zero-order valence-electron chi connectivity index (χ0n) is 9.94. The molecule has 0 unspecified atom stereocenters. The van der Waals surface area contributed by atoms with Gasteiger partial charge in [0.1, 0.15) is 5.75 Å². The van der Waals surface area contributed by atoms with Crippen molar-refractivity contribution in [3.05, 3.63) is 35.4 Å². The minimum Gasteiger partial charge on any atom is -0.482 e. The largest absolute Gasteiger partial charge is 0.482 e. The molecule has 0 aromatic heterocycles. The topological polar surface area (TPSA) is 35.5 Å². The fraction of sp³-hybridized carbons (Fsp3) is 0.357. The number of carbonyl (C=O) groups excluding carboxylic acids is 1. The highest BCUT2D eigenvalue weighted by Gasteiger charge is 2.07. The fourth-order valence-corrected chi connectivity index (χ4v) is 1.84. The van der Waals surface area contributed by atoms with Gasteiger partial charge in [0.2, 0.25) is 0 Å². The van der Waals surface area contributed by atoms with Gasteiger partial charge in [0, 0.05) is 0 Å². The fourth-order valence-electron chi connectivity index (χ4n) is 1.84. The van der Waals surface area contributed by atoms with Gasteiger partial charge in [-0.05, 0) is 43.0 Å². The van der Waals surface area contributed by atoms with Crippen molar-refractivity contribution in [2.75, 3.05) is 13.2 Å². The Morgan fingerprint density at radius 3 is 3.12 bits per heavy atom. The van der Waals surface area contributed by atoms with E-state index in [4.69, 9.17) is 9.47 Å². The second-order valence-electron chi connectivity index (χ2n) is 3.90. The molecule has 1 aromatic rings. The predicted octanol–water partition coefficient (Wildman–Crippen LogP) is 2.59. The lowest BCUT2D eigenvalue weighted by atomic mass is 9.97. The van der Waals surface area contributed by atoms with Gasteiger partial charge in [-0.2, -0.15) is 0 Å². The Morgan fingerprint density at radius 2 is 2.29 bits per heavy atom. The maximum absolute atomic E-state index is 11.1. The van der Waals surface area contributed by atoms with Crippen LogP contribution in [0.2, 0.25) is 0 Å². The van der Waals surface area contributed by atoms with Crippen LogP contribution in [0.1, 0.15) is 24.5 Å². The van der Waals surface area contributed by atoms with Gasteiger partial charge < -0.3 is 9.47 Å². The molecule has 0 fully saturated rings. The van der Waals surface area contributed by atoms with Crippen LogP contribution in [0.3, 0.4) is 0 Å². The van der Waals surface area contributed by atoms with Crippen molar-refractivity contribution >= 4 is 12.0 Å². The molecule has 2 rings (SSSR count). The van der Waals surface area contributed by atoms with Gasteiger partial charge in [-0.3, -0.25) is 0 Å². The predicted molar refractivity (Wildman–Crippen MR) is 65.9 cm³/mol. The Balaban J connectivity index is 1.98. The molecule has 0 atom stereocenters. The van der Waals surface area contributed by atoms with E-state index in [0.29, 0.717) is 12.4 Å². The molecule has 0 spiro atoms. The van der Waals surface area contributed by atoms with Crippen molar-refractivity contribution in [2.24, 2.45) is 0 Å². The Bertz CT molecular complexity index is 435. The summed E-state index contributed by atoms with van der Waals surface area (Å²) >= 11 is 0. The van der Waals surface area contributed by atoms with Gasteiger partial charge in [-0.25, -0.2) is 4.79 Å². The molecule has 3 heteroatoms. The summed E-state index contributed by atoms with van der Waals surface area (Å²) in [4.78, 5) is 11.1. The first-order chi connectivity index (χ1) is 8.29. The van der Waals surface area contributed by atoms with Crippen molar-refractivity contribution in [3.63, 3.8) is 0 Å². The number of esters is 1. The number of aryl methyl sites for hydroxylation is 1. The van der Waals surface area contributed by atoms with Crippen LogP contribution >= 0.6 is 0 Å². The average Bonchev–Trinajstić information content (AvgIpc) is 2.36. The SMILES string of the molecule is CCOC(=O)COc1ccc2c(c1)C=CCC2. The van der Waals surface area contributed by atoms with Crippen LogP contribution < -0.4 is 4.74 Å². The number of benzene rings is 1. The van der Waals surface area contributed by atoms with Crippen LogP contribution in [0.5, 0.6) is 5.75 Å². The summed E-state index contributed by atoms with van der Waals surface area (Å²) in [7, 11) is 0. The Kier molecular flexibility index (Phi) is 3.81. The van der Waals surface area contributed by atoms with Crippen molar-refractivity contribution < 1.29 is 14.3 Å². The number of hydrogen-bond donors (Lipinski definition) is 0. The van der Waals surface area contributed by atoms with Gasteiger partial charge in [0.15, 0.2) is 6.61 Å². The summed E-state index contributed by atoms with van der Waals surface area (Å²) in [6, 6.07) is 5.92. The van der Waals surface area contributed by atoms with Crippen LogP contribution in [-0.2, 0) is 16.0 Å². The third-order valence-corrected chi connectivity index (χ3v) is 2.66. The number of carbonyl (C=O) groups is 1. The molecule has 0 aliphatic heterocycles. The summed E-state index contributed by atoms with van der Waals surface area (Å²) in [5.74, 6) is 0.379. The molecular formula is C14H16O3. The molecule has 1 aliphatic carbocycles. The van der Waals surface area contributed by atoms with Gasteiger partial charge in [-0.15, -0.1) is 0 Å². The first kappa shape index (κ1) is 11.7. The zero-order chi connectivity index (χ0) is 12.1. The Morgan fingerprint density at radius 1 is 1.41 bits per heavy atom. The zero-order valence-corrected chi connectivity index (χ0v) is 9.94. The van der Waals surface area contributed by atoms with E-state index in [1.54, 1.807) is 6.92 Å². The lowest BCUT2D eigenvalue weighted by Crippen LogP contribution is -2.14. The molecule has 0 amide bonds. The summed E-state index contributed by atoms with van der Waals surface area (Å²) in [5, 5.41) is 0. The number of ether oxygens (including phenoxy) is 2. The number of hydrogen-bond acceptors (Lipinski definition) is 3. The Labute approximate surface area is 101 Å². The van der Waals surface area contributed by atoms with Crippen LogP contribution in [0.25, 0.3) is 6.08 Å². The molecule has 0 heterocycles. The molecule has 1 aliphatic rings. The summed E-state index contributed by atoms with van der Waals surface area (Å²) < 4.78 is 10.2. The molecular weight excluding hydrogens is 216 g/mol. The first-order valence-electron chi connectivity index (χ1n) is 5.87. The maximum Gasteiger partial charge on any atom is 0.344 e. The minimum atomic E-state index is -0.333. The van der Waals surface area contributed by atoms with Crippen molar-refractivity contribution in [1.29, 1.82) is 0 Å². The minimum absolute atomic E-state index is 0.0314. The third-order valence-electron chi connectivity index (χ3n) is 2.66. The summed E-state index contributed by atoms with van der Waals surface area (Å²) in [6.45, 7) is 2.13. The van der Waals surface area contributed by atoms with Crippen LogP contribution in [0.4, 0.5) is 0 Å². The number of allylic oxidation sites excluding steroid dienone is 1. The summed E-state index contributed by atoms with van der Waals surface area (Å²) in [5.41, 5.74) is 2.51. The van der Waals surface area contributed by atoms with Crippen molar-refractivity contribution in [1.82, 2.24) is 0 Å². The van der Waals surface area contributed by atoms with Crippen molar-refractivity contribution in [3.8, 4) is 5.75 Å². The molecule has 0 N–H and O–H groups in total. The quantitative estimate of drug-likeness (QED) is 0.748. The molecule has 3 nitrogen and oxygen atoms in total. The second kappa shape index (κ2) is 5.53. The first-order valence-corrected chi connectivity index (χ1v) is 5.87. The highest BCUT2D eigenvalue weighted by molar-refractivity contribution is 5.71. The second-order valence-corrected chi connectivity index (χ2v) is 3.90. The molecule has 0 bridgehead atoms. The van der Waals surface area contributed by atoms with Gasteiger partial charge in [0.05, 0.1) is 6.61 Å². The van der Waals surface area contributed by atoms with Crippen molar-refractivity contribution in [2.45, 2.75) is 19.8 Å². The van der Waals surface area contributed by atoms with E-state index >= 15 is 0 Å².